The minimum Gasteiger partial charge on any atom is -0.357 e. The van der Waals surface area contributed by atoms with Gasteiger partial charge in [0, 0.05) is 35.3 Å². The molecule has 130 valence electrons. The van der Waals surface area contributed by atoms with Gasteiger partial charge in [-0.25, -0.2) is 10.1 Å². The van der Waals surface area contributed by atoms with Crippen molar-refractivity contribution in [2.75, 3.05) is 0 Å². The maximum atomic E-state index is 11.9. The zero-order valence-electron chi connectivity index (χ0n) is 14.8. The minimum absolute atomic E-state index is 0.267. The summed E-state index contributed by atoms with van der Waals surface area (Å²) in [4.78, 5) is 14.7. The normalized spacial score (nSPS) is 11.6. The highest BCUT2D eigenvalue weighted by Crippen LogP contribution is 2.21. The van der Waals surface area contributed by atoms with Crippen molar-refractivity contribution < 1.29 is 4.79 Å². The Morgan fingerprint density at radius 1 is 1.36 bits per heavy atom. The maximum Gasteiger partial charge on any atom is 0.287 e. The molecule has 2 N–H and O–H groups in total. The summed E-state index contributed by atoms with van der Waals surface area (Å²) < 4.78 is 4.12. The zero-order valence-corrected chi connectivity index (χ0v) is 14.8. The van der Waals surface area contributed by atoms with Crippen LogP contribution in [-0.4, -0.2) is 31.5 Å². The maximum absolute atomic E-state index is 11.9. The summed E-state index contributed by atoms with van der Waals surface area (Å²) in [6, 6.07) is 7.77. The van der Waals surface area contributed by atoms with Crippen LogP contribution in [0.4, 0.5) is 0 Å². The Kier molecular flexibility index (Phi) is 4.56. The number of rotatable bonds is 5. The second kappa shape index (κ2) is 6.80. The standard InChI is InChI=1S/C18H22N6O/c1-12(2)24-17(7-9-21-24)23-13(3)10-15(14(23)4)11-20-22-18(25)16-6-5-8-19-16/h5-12,19H,1-4H3,(H,22,25)/b20-11-. The van der Waals surface area contributed by atoms with Gasteiger partial charge in [-0.3, -0.25) is 4.79 Å². The van der Waals surface area contributed by atoms with Gasteiger partial charge in [0.1, 0.15) is 11.5 Å². The number of hydrogen-bond donors (Lipinski definition) is 2. The SMILES string of the molecule is Cc1cc(/C=N\NC(=O)c2ccc[nH]2)c(C)n1-c1ccnn1C(C)C. The predicted molar refractivity (Wildman–Crippen MR) is 97.3 cm³/mol. The molecule has 0 spiro atoms. The smallest absolute Gasteiger partial charge is 0.287 e. The molecular weight excluding hydrogens is 316 g/mol. The van der Waals surface area contributed by atoms with E-state index in [1.54, 1.807) is 30.7 Å². The third-order valence-corrected chi connectivity index (χ3v) is 4.05. The van der Waals surface area contributed by atoms with E-state index >= 15 is 0 Å². The number of aryl methyl sites for hydroxylation is 1. The summed E-state index contributed by atoms with van der Waals surface area (Å²) in [7, 11) is 0. The van der Waals surface area contributed by atoms with E-state index in [-0.39, 0.29) is 11.9 Å². The molecule has 25 heavy (non-hydrogen) atoms. The largest absolute Gasteiger partial charge is 0.357 e. The molecular formula is C18H22N6O. The predicted octanol–water partition coefficient (Wildman–Crippen LogP) is 2.96. The van der Waals surface area contributed by atoms with Crippen LogP contribution in [-0.2, 0) is 0 Å². The van der Waals surface area contributed by atoms with Gasteiger partial charge in [0.15, 0.2) is 0 Å². The molecule has 3 heterocycles. The van der Waals surface area contributed by atoms with Crippen LogP contribution in [0.2, 0.25) is 0 Å². The highest BCUT2D eigenvalue weighted by atomic mass is 16.2. The zero-order chi connectivity index (χ0) is 18.0. The van der Waals surface area contributed by atoms with Crippen molar-refractivity contribution in [3.63, 3.8) is 0 Å². The first-order valence-corrected chi connectivity index (χ1v) is 8.18. The number of nitrogens with one attached hydrogen (secondary N) is 2. The van der Waals surface area contributed by atoms with Crippen molar-refractivity contribution in [3.8, 4) is 5.82 Å². The Bertz CT molecular complexity index is 898. The molecule has 0 aromatic carbocycles. The number of carbonyl (C=O) groups excluding carboxylic acids is 1. The fourth-order valence-corrected chi connectivity index (χ4v) is 2.85. The number of H-pyrrole nitrogens is 1. The molecule has 0 aliphatic carbocycles. The monoisotopic (exact) mass is 338 g/mol. The van der Waals surface area contributed by atoms with E-state index in [0.717, 1.165) is 22.8 Å². The van der Waals surface area contributed by atoms with E-state index < -0.39 is 0 Å². The molecule has 0 unspecified atom stereocenters. The average Bonchev–Trinajstić information content (AvgIpc) is 3.28. The molecule has 0 aliphatic heterocycles. The second-order valence-electron chi connectivity index (χ2n) is 6.17. The van der Waals surface area contributed by atoms with Gasteiger partial charge in [0.05, 0.1) is 12.4 Å². The number of nitrogens with zero attached hydrogens (tertiary/aromatic N) is 4. The molecule has 3 rings (SSSR count). The summed E-state index contributed by atoms with van der Waals surface area (Å²) in [6.45, 7) is 8.27. The molecule has 0 saturated carbocycles. The molecule has 3 aromatic heterocycles. The van der Waals surface area contributed by atoms with Gasteiger partial charge >= 0.3 is 0 Å². The highest BCUT2D eigenvalue weighted by Gasteiger charge is 2.14. The van der Waals surface area contributed by atoms with Gasteiger partial charge in [-0.05, 0) is 45.9 Å². The molecule has 3 aromatic rings. The molecule has 0 bridgehead atoms. The quantitative estimate of drug-likeness (QED) is 0.554. The van der Waals surface area contributed by atoms with Gasteiger partial charge in [0.2, 0.25) is 0 Å². The Morgan fingerprint density at radius 3 is 2.84 bits per heavy atom. The average molecular weight is 338 g/mol. The molecule has 7 heteroatoms. The van der Waals surface area contributed by atoms with Crippen LogP contribution < -0.4 is 5.43 Å². The minimum atomic E-state index is -0.270. The van der Waals surface area contributed by atoms with Crippen LogP contribution in [0.3, 0.4) is 0 Å². The summed E-state index contributed by atoms with van der Waals surface area (Å²) in [5.41, 5.74) is 6.07. The lowest BCUT2D eigenvalue weighted by atomic mass is 10.3. The van der Waals surface area contributed by atoms with Crippen LogP contribution >= 0.6 is 0 Å². The summed E-state index contributed by atoms with van der Waals surface area (Å²) in [6.07, 6.45) is 5.17. The van der Waals surface area contributed by atoms with E-state index in [9.17, 15) is 4.79 Å². The van der Waals surface area contributed by atoms with Crippen molar-refractivity contribution in [2.45, 2.75) is 33.7 Å². The van der Waals surface area contributed by atoms with E-state index in [0.29, 0.717) is 5.69 Å². The molecule has 0 saturated heterocycles. The fraction of sp³-hybridized carbons (Fsp3) is 0.278. The van der Waals surface area contributed by atoms with Gasteiger partial charge in [-0.15, -0.1) is 0 Å². The molecule has 1 amide bonds. The van der Waals surface area contributed by atoms with Gasteiger partial charge in [-0.1, -0.05) is 0 Å². The number of amides is 1. The fourth-order valence-electron chi connectivity index (χ4n) is 2.85. The van der Waals surface area contributed by atoms with Crippen molar-refractivity contribution in [1.82, 2.24) is 24.8 Å². The molecule has 0 aliphatic rings. The number of carbonyl (C=O) groups is 1. The third kappa shape index (κ3) is 3.26. The number of aromatic nitrogens is 4. The summed E-state index contributed by atoms with van der Waals surface area (Å²) in [5.74, 6) is 0.744. The first-order valence-electron chi connectivity index (χ1n) is 8.18. The second-order valence-corrected chi connectivity index (χ2v) is 6.17. The van der Waals surface area contributed by atoms with Crippen LogP contribution in [0, 0.1) is 13.8 Å². The van der Waals surface area contributed by atoms with Gasteiger partial charge < -0.3 is 9.55 Å². The molecule has 0 radical (unpaired) electrons. The molecule has 0 fully saturated rings. The third-order valence-electron chi connectivity index (χ3n) is 4.05. The number of hydrazone groups is 1. The lowest BCUT2D eigenvalue weighted by molar-refractivity contribution is 0.0951. The van der Waals surface area contributed by atoms with Gasteiger partial charge in [-0.2, -0.15) is 10.2 Å². The topological polar surface area (TPSA) is 80.0 Å². The first kappa shape index (κ1) is 16.8. The Labute approximate surface area is 146 Å². The van der Waals surface area contributed by atoms with Crippen molar-refractivity contribution in [3.05, 3.63) is 59.3 Å². The number of aromatic amines is 1. The highest BCUT2D eigenvalue weighted by molar-refractivity contribution is 5.93. The van der Waals surface area contributed by atoms with Crippen LogP contribution in [0.5, 0.6) is 0 Å². The summed E-state index contributed by atoms with van der Waals surface area (Å²) in [5, 5.41) is 8.47. The Hall–Kier alpha value is -3.09. The van der Waals surface area contributed by atoms with E-state index in [4.69, 9.17) is 0 Å². The Balaban J connectivity index is 1.84. The van der Waals surface area contributed by atoms with Crippen LogP contribution in [0.25, 0.3) is 5.82 Å². The van der Waals surface area contributed by atoms with Crippen molar-refractivity contribution in [2.24, 2.45) is 5.10 Å². The lowest BCUT2D eigenvalue weighted by Crippen LogP contribution is -2.17. The van der Waals surface area contributed by atoms with Crippen LogP contribution in [0.1, 0.15) is 47.3 Å². The van der Waals surface area contributed by atoms with Crippen molar-refractivity contribution >= 4 is 12.1 Å². The first-order chi connectivity index (χ1) is 12.0. The summed E-state index contributed by atoms with van der Waals surface area (Å²) >= 11 is 0. The number of hydrogen-bond acceptors (Lipinski definition) is 3. The molecule has 0 atom stereocenters. The lowest BCUT2D eigenvalue weighted by Gasteiger charge is -2.14. The molecule has 7 nitrogen and oxygen atoms in total. The van der Waals surface area contributed by atoms with E-state index in [2.05, 4.69) is 39.0 Å². The Morgan fingerprint density at radius 2 is 2.16 bits per heavy atom. The van der Waals surface area contributed by atoms with E-state index in [1.807, 2.05) is 30.7 Å². The van der Waals surface area contributed by atoms with Crippen molar-refractivity contribution in [1.29, 1.82) is 0 Å². The van der Waals surface area contributed by atoms with Crippen LogP contribution in [0.15, 0.2) is 41.8 Å². The van der Waals surface area contributed by atoms with E-state index in [1.165, 1.54) is 0 Å². The van der Waals surface area contributed by atoms with Gasteiger partial charge in [0.25, 0.3) is 5.91 Å².